The van der Waals surface area contributed by atoms with Crippen LogP contribution in [0.2, 0.25) is 0 Å². The van der Waals surface area contributed by atoms with Gasteiger partial charge >= 0.3 is 0 Å². The number of carbonyl (C=O) groups is 1. The van der Waals surface area contributed by atoms with Crippen molar-refractivity contribution in [1.29, 1.82) is 0 Å². The fraction of sp³-hybridized carbons (Fsp3) is 0.500. The summed E-state index contributed by atoms with van der Waals surface area (Å²) in [5.74, 6) is -0.185. The third kappa shape index (κ3) is 4.11. The zero-order chi connectivity index (χ0) is 18.5. The van der Waals surface area contributed by atoms with Crippen molar-refractivity contribution in [3.63, 3.8) is 0 Å². The van der Waals surface area contributed by atoms with Crippen molar-refractivity contribution < 1.29 is 18.1 Å². The molecule has 1 fully saturated rings. The van der Waals surface area contributed by atoms with Crippen LogP contribution in [0, 0.1) is 17.6 Å². The Morgan fingerprint density at radius 3 is 2.81 bits per heavy atom. The summed E-state index contributed by atoms with van der Waals surface area (Å²) in [5.41, 5.74) is 0.674. The standard InChI is InChI=1S/C20H24F2N2O2/c1-2-5-19-16(12-23-26-19)20(25)24-11-4-6-14(13-24)9-10-15-17(21)7-3-8-18(15)22/h3,7-8,12,14H,2,4-6,9-11,13H2,1H3/t14-/m0/s1. The average molecular weight is 362 g/mol. The third-order valence-corrected chi connectivity index (χ3v) is 5.02. The lowest BCUT2D eigenvalue weighted by atomic mass is 9.91. The second-order valence-corrected chi connectivity index (χ2v) is 6.91. The number of aryl methyl sites for hydroxylation is 1. The van der Waals surface area contributed by atoms with Crippen molar-refractivity contribution in [2.24, 2.45) is 5.92 Å². The van der Waals surface area contributed by atoms with Crippen LogP contribution in [0.15, 0.2) is 28.9 Å². The number of rotatable bonds is 6. The Bertz CT molecular complexity index is 740. The molecular formula is C20H24F2N2O2. The lowest BCUT2D eigenvalue weighted by molar-refractivity contribution is 0.0665. The fourth-order valence-corrected chi connectivity index (χ4v) is 3.62. The molecule has 4 nitrogen and oxygen atoms in total. The van der Waals surface area contributed by atoms with Crippen LogP contribution in [0.1, 0.15) is 54.3 Å². The zero-order valence-corrected chi connectivity index (χ0v) is 15.0. The summed E-state index contributed by atoms with van der Waals surface area (Å²) < 4.78 is 32.8. The number of nitrogens with zero attached hydrogens (tertiary/aromatic N) is 2. The van der Waals surface area contributed by atoms with Crippen LogP contribution in [0.4, 0.5) is 8.78 Å². The molecule has 1 atom stereocenters. The van der Waals surface area contributed by atoms with Gasteiger partial charge < -0.3 is 9.42 Å². The van der Waals surface area contributed by atoms with E-state index in [1.165, 1.54) is 24.4 Å². The van der Waals surface area contributed by atoms with E-state index in [4.69, 9.17) is 4.52 Å². The van der Waals surface area contributed by atoms with Gasteiger partial charge in [0.05, 0.1) is 6.20 Å². The van der Waals surface area contributed by atoms with Gasteiger partial charge in [0.2, 0.25) is 0 Å². The van der Waals surface area contributed by atoms with E-state index in [-0.39, 0.29) is 17.4 Å². The third-order valence-electron chi connectivity index (χ3n) is 5.02. The van der Waals surface area contributed by atoms with E-state index in [9.17, 15) is 13.6 Å². The highest BCUT2D eigenvalue weighted by Crippen LogP contribution is 2.25. The first-order valence-corrected chi connectivity index (χ1v) is 9.25. The number of halogens is 2. The van der Waals surface area contributed by atoms with E-state index >= 15 is 0 Å². The minimum atomic E-state index is -0.498. The molecule has 0 aliphatic carbocycles. The first-order chi connectivity index (χ1) is 12.6. The highest BCUT2D eigenvalue weighted by molar-refractivity contribution is 5.94. The van der Waals surface area contributed by atoms with Crippen LogP contribution < -0.4 is 0 Å². The lowest BCUT2D eigenvalue weighted by Crippen LogP contribution is -2.40. The minimum Gasteiger partial charge on any atom is -0.361 e. The molecule has 6 heteroatoms. The number of hydrogen-bond donors (Lipinski definition) is 0. The predicted octanol–water partition coefficient (Wildman–Crippen LogP) is 4.39. The largest absolute Gasteiger partial charge is 0.361 e. The number of likely N-dealkylation sites (tertiary alicyclic amines) is 1. The van der Waals surface area contributed by atoms with Gasteiger partial charge in [-0.2, -0.15) is 0 Å². The second kappa shape index (κ2) is 8.43. The monoisotopic (exact) mass is 362 g/mol. The molecule has 1 aliphatic rings. The van der Waals surface area contributed by atoms with E-state index in [0.29, 0.717) is 43.7 Å². The summed E-state index contributed by atoms with van der Waals surface area (Å²) in [6.45, 7) is 3.32. The van der Waals surface area contributed by atoms with Crippen LogP contribution in [-0.4, -0.2) is 29.1 Å². The Morgan fingerprint density at radius 1 is 1.31 bits per heavy atom. The van der Waals surface area contributed by atoms with E-state index in [2.05, 4.69) is 5.16 Å². The zero-order valence-electron chi connectivity index (χ0n) is 15.0. The first-order valence-electron chi connectivity index (χ1n) is 9.25. The van der Waals surface area contributed by atoms with E-state index in [1.54, 1.807) is 0 Å². The maximum atomic E-state index is 13.8. The molecule has 0 N–H and O–H groups in total. The summed E-state index contributed by atoms with van der Waals surface area (Å²) in [4.78, 5) is 14.6. The second-order valence-electron chi connectivity index (χ2n) is 6.91. The van der Waals surface area contributed by atoms with Crippen molar-refractivity contribution in [2.75, 3.05) is 13.1 Å². The maximum absolute atomic E-state index is 13.8. The molecule has 0 spiro atoms. The summed E-state index contributed by atoms with van der Waals surface area (Å²) >= 11 is 0. The van der Waals surface area contributed by atoms with Gasteiger partial charge in [0, 0.05) is 25.1 Å². The Labute approximate surface area is 152 Å². The quantitative estimate of drug-likeness (QED) is 0.766. The van der Waals surface area contributed by atoms with Crippen molar-refractivity contribution >= 4 is 5.91 Å². The van der Waals surface area contributed by atoms with Crippen LogP contribution in [-0.2, 0) is 12.8 Å². The number of carbonyl (C=O) groups excluding carboxylic acids is 1. The minimum absolute atomic E-state index is 0.0588. The molecule has 0 saturated carbocycles. The van der Waals surface area contributed by atoms with Gasteiger partial charge in [0.15, 0.2) is 0 Å². The molecule has 1 aliphatic heterocycles. The number of aromatic nitrogens is 1. The van der Waals surface area contributed by atoms with E-state index in [1.807, 2.05) is 11.8 Å². The van der Waals surface area contributed by atoms with Gasteiger partial charge in [-0.05, 0) is 50.2 Å². The molecule has 1 saturated heterocycles. The fourth-order valence-electron chi connectivity index (χ4n) is 3.62. The molecular weight excluding hydrogens is 338 g/mol. The molecule has 26 heavy (non-hydrogen) atoms. The number of amides is 1. The molecule has 2 aromatic rings. The van der Waals surface area contributed by atoms with Crippen molar-refractivity contribution in [3.05, 3.63) is 52.9 Å². The smallest absolute Gasteiger partial charge is 0.259 e. The number of benzene rings is 1. The Kier molecular flexibility index (Phi) is 6.01. The average Bonchev–Trinajstić information content (AvgIpc) is 3.09. The van der Waals surface area contributed by atoms with Crippen LogP contribution in [0.25, 0.3) is 0 Å². The van der Waals surface area contributed by atoms with Gasteiger partial charge in [0.25, 0.3) is 5.91 Å². The highest BCUT2D eigenvalue weighted by atomic mass is 19.1. The summed E-state index contributed by atoms with van der Waals surface area (Å²) in [6, 6.07) is 3.95. The Hall–Kier alpha value is -2.24. The number of piperidine rings is 1. The highest BCUT2D eigenvalue weighted by Gasteiger charge is 2.27. The summed E-state index contributed by atoms with van der Waals surface area (Å²) in [7, 11) is 0. The van der Waals surface area contributed by atoms with Gasteiger partial charge in [-0.1, -0.05) is 18.1 Å². The lowest BCUT2D eigenvalue weighted by Gasteiger charge is -2.32. The van der Waals surface area contributed by atoms with Gasteiger partial charge in [-0.3, -0.25) is 4.79 Å². The number of hydrogen-bond acceptors (Lipinski definition) is 3. The molecule has 1 amide bonds. The Morgan fingerprint density at radius 2 is 2.08 bits per heavy atom. The van der Waals surface area contributed by atoms with Crippen LogP contribution in [0.3, 0.4) is 0 Å². The van der Waals surface area contributed by atoms with Crippen LogP contribution >= 0.6 is 0 Å². The predicted molar refractivity (Wildman–Crippen MR) is 93.8 cm³/mol. The topological polar surface area (TPSA) is 46.3 Å². The van der Waals surface area contributed by atoms with Crippen molar-refractivity contribution in [3.8, 4) is 0 Å². The molecule has 3 rings (SSSR count). The normalized spacial score (nSPS) is 17.5. The maximum Gasteiger partial charge on any atom is 0.259 e. The Balaban J connectivity index is 1.62. The molecule has 2 heterocycles. The van der Waals surface area contributed by atoms with Crippen molar-refractivity contribution in [2.45, 2.75) is 45.4 Å². The molecule has 0 unspecified atom stereocenters. The summed E-state index contributed by atoms with van der Waals surface area (Å²) in [6.07, 6.45) is 5.92. The van der Waals surface area contributed by atoms with E-state index in [0.717, 1.165) is 19.3 Å². The van der Waals surface area contributed by atoms with Crippen LogP contribution in [0.5, 0.6) is 0 Å². The van der Waals surface area contributed by atoms with Gasteiger partial charge in [0.1, 0.15) is 23.0 Å². The molecule has 140 valence electrons. The SMILES string of the molecule is CCCc1oncc1C(=O)N1CCC[C@@H](CCc2c(F)cccc2F)C1. The summed E-state index contributed by atoms with van der Waals surface area (Å²) in [5, 5.41) is 3.77. The van der Waals surface area contributed by atoms with Gasteiger partial charge in [-0.25, -0.2) is 8.78 Å². The van der Waals surface area contributed by atoms with E-state index < -0.39 is 11.6 Å². The molecule has 1 aromatic carbocycles. The molecule has 1 aromatic heterocycles. The van der Waals surface area contributed by atoms with Gasteiger partial charge in [-0.15, -0.1) is 0 Å². The molecule has 0 bridgehead atoms. The first kappa shape index (κ1) is 18.5. The molecule has 0 radical (unpaired) electrons. The van der Waals surface area contributed by atoms with Crippen molar-refractivity contribution in [1.82, 2.24) is 10.1 Å².